The molecule has 28 heavy (non-hydrogen) atoms. The van der Waals surface area contributed by atoms with E-state index in [1.165, 1.54) is 0 Å². The molecule has 0 aliphatic rings. The van der Waals surface area contributed by atoms with Gasteiger partial charge >= 0.3 is 23.9 Å². The van der Waals surface area contributed by atoms with Gasteiger partial charge in [-0.15, -0.1) is 0 Å². The van der Waals surface area contributed by atoms with Crippen LogP contribution in [0.25, 0.3) is 0 Å². The molecule has 0 aliphatic heterocycles. The summed E-state index contributed by atoms with van der Waals surface area (Å²) in [7, 11) is 1.72. The number of hydrogen-bond donors (Lipinski definition) is 7. The first-order chi connectivity index (χ1) is 12.9. The summed E-state index contributed by atoms with van der Waals surface area (Å²) in [6.07, 6.45) is -1.23. The van der Waals surface area contributed by atoms with Crippen molar-refractivity contribution in [2.45, 2.75) is 57.2 Å². The first-order valence-electron chi connectivity index (χ1n) is 8.58. The Morgan fingerprint density at radius 3 is 1.71 bits per heavy atom. The molecule has 2 unspecified atom stereocenters. The summed E-state index contributed by atoms with van der Waals surface area (Å²) in [5.41, 5.74) is -0.547. The molecular formula is C16H28N4O8. The lowest BCUT2D eigenvalue weighted by molar-refractivity contribution is -0.141. The van der Waals surface area contributed by atoms with E-state index in [2.05, 4.69) is 16.0 Å². The predicted molar refractivity (Wildman–Crippen MR) is 96.8 cm³/mol. The molecule has 12 heteroatoms. The van der Waals surface area contributed by atoms with Gasteiger partial charge in [0.1, 0.15) is 12.1 Å². The Kier molecular flexibility index (Phi) is 10.5. The molecule has 0 rings (SSSR count). The van der Waals surface area contributed by atoms with Crippen molar-refractivity contribution in [1.82, 2.24) is 21.3 Å². The van der Waals surface area contributed by atoms with E-state index in [1.807, 2.05) is 5.32 Å². The molecule has 0 aromatic carbocycles. The SMILES string of the molecule is CNCC(C)(C)NC(=O)CCC(NC(=O)NC(CCC(=O)O)C(=O)O)C(=O)O. The normalized spacial score (nSPS) is 13.1. The fourth-order valence-corrected chi connectivity index (χ4v) is 2.34. The number of carbonyl (C=O) groups is 5. The van der Waals surface area contributed by atoms with Gasteiger partial charge in [0, 0.05) is 24.9 Å². The Bertz CT molecular complexity index is 593. The first kappa shape index (κ1) is 25.1. The van der Waals surface area contributed by atoms with Crippen LogP contribution >= 0.6 is 0 Å². The average molecular weight is 404 g/mol. The van der Waals surface area contributed by atoms with Gasteiger partial charge in [0.25, 0.3) is 0 Å². The molecule has 2 atom stereocenters. The highest BCUT2D eigenvalue weighted by Gasteiger charge is 2.26. The van der Waals surface area contributed by atoms with Gasteiger partial charge in [-0.1, -0.05) is 0 Å². The third-order valence-corrected chi connectivity index (χ3v) is 3.61. The molecule has 3 amide bonds. The van der Waals surface area contributed by atoms with E-state index in [9.17, 15) is 29.1 Å². The van der Waals surface area contributed by atoms with Crippen LogP contribution in [-0.4, -0.2) is 76.4 Å². The standard InChI is InChI=1S/C16H28N4O8/c1-16(2,8-17-3)20-11(21)6-4-9(13(24)25)18-15(28)19-10(14(26)27)5-7-12(22)23/h9-10,17H,4-8H2,1-3H3,(H,20,21)(H,22,23)(H,24,25)(H,26,27)(H2,18,19,28). The summed E-state index contributed by atoms with van der Waals surface area (Å²) in [6.45, 7) is 4.06. The number of rotatable bonds is 13. The summed E-state index contributed by atoms with van der Waals surface area (Å²) in [4.78, 5) is 56.7. The van der Waals surface area contributed by atoms with Gasteiger partial charge in [-0.3, -0.25) is 9.59 Å². The van der Waals surface area contributed by atoms with E-state index in [1.54, 1.807) is 20.9 Å². The maximum Gasteiger partial charge on any atom is 0.326 e. The lowest BCUT2D eigenvalue weighted by atomic mass is 10.0. The summed E-state index contributed by atoms with van der Waals surface area (Å²) < 4.78 is 0. The van der Waals surface area contributed by atoms with Gasteiger partial charge in [0.15, 0.2) is 0 Å². The summed E-state index contributed by atoms with van der Waals surface area (Å²) in [5, 5.41) is 36.5. The van der Waals surface area contributed by atoms with Crippen molar-refractivity contribution in [3.63, 3.8) is 0 Å². The van der Waals surface area contributed by atoms with Gasteiger partial charge in [-0.2, -0.15) is 0 Å². The predicted octanol–water partition coefficient (Wildman–Crippen LogP) is -1.05. The van der Waals surface area contributed by atoms with Crippen LogP contribution in [0.4, 0.5) is 4.79 Å². The smallest absolute Gasteiger partial charge is 0.326 e. The number of carboxylic acid groups (broad SMARTS) is 3. The molecule has 160 valence electrons. The minimum Gasteiger partial charge on any atom is -0.481 e. The van der Waals surface area contributed by atoms with Crippen LogP contribution < -0.4 is 21.3 Å². The summed E-state index contributed by atoms with van der Waals surface area (Å²) >= 11 is 0. The number of carbonyl (C=O) groups excluding carboxylic acids is 2. The fraction of sp³-hybridized carbons (Fsp3) is 0.688. The van der Waals surface area contributed by atoms with Crippen molar-refractivity contribution >= 4 is 29.8 Å². The molecule has 0 spiro atoms. The lowest BCUT2D eigenvalue weighted by Gasteiger charge is -2.26. The zero-order valence-electron chi connectivity index (χ0n) is 16.1. The Morgan fingerprint density at radius 1 is 0.857 bits per heavy atom. The third-order valence-electron chi connectivity index (χ3n) is 3.61. The topological polar surface area (TPSA) is 194 Å². The second kappa shape index (κ2) is 11.7. The van der Waals surface area contributed by atoms with Gasteiger partial charge in [0.2, 0.25) is 5.91 Å². The molecule has 0 aromatic rings. The molecule has 0 bridgehead atoms. The second-order valence-electron chi connectivity index (χ2n) is 6.83. The zero-order valence-corrected chi connectivity index (χ0v) is 16.1. The van der Waals surface area contributed by atoms with Crippen molar-refractivity contribution in [2.75, 3.05) is 13.6 Å². The number of aliphatic carboxylic acids is 3. The second-order valence-corrected chi connectivity index (χ2v) is 6.83. The van der Waals surface area contributed by atoms with Crippen LogP contribution in [0.5, 0.6) is 0 Å². The van der Waals surface area contributed by atoms with Crippen molar-refractivity contribution in [3.8, 4) is 0 Å². The Hall–Kier alpha value is -2.89. The lowest BCUT2D eigenvalue weighted by Crippen LogP contribution is -2.52. The van der Waals surface area contributed by atoms with E-state index in [4.69, 9.17) is 10.2 Å². The Morgan fingerprint density at radius 2 is 1.32 bits per heavy atom. The minimum atomic E-state index is -1.49. The molecule has 12 nitrogen and oxygen atoms in total. The van der Waals surface area contributed by atoms with E-state index < -0.39 is 53.9 Å². The van der Waals surface area contributed by atoms with E-state index >= 15 is 0 Å². The monoisotopic (exact) mass is 404 g/mol. The number of carboxylic acids is 3. The van der Waals surface area contributed by atoms with Crippen LogP contribution in [0.15, 0.2) is 0 Å². The molecule has 0 saturated carbocycles. The average Bonchev–Trinajstić information content (AvgIpc) is 2.53. The Balaban J connectivity index is 4.69. The minimum absolute atomic E-state index is 0.175. The summed E-state index contributed by atoms with van der Waals surface area (Å²) in [5.74, 6) is -4.48. The van der Waals surface area contributed by atoms with Crippen molar-refractivity contribution < 1.29 is 39.3 Å². The van der Waals surface area contributed by atoms with Gasteiger partial charge in [-0.05, 0) is 33.7 Å². The van der Waals surface area contributed by atoms with Gasteiger partial charge in [-0.25, -0.2) is 14.4 Å². The molecule has 0 fully saturated rings. The first-order valence-corrected chi connectivity index (χ1v) is 8.58. The molecule has 7 N–H and O–H groups in total. The number of urea groups is 1. The molecule has 0 radical (unpaired) electrons. The highest BCUT2D eigenvalue weighted by atomic mass is 16.4. The summed E-state index contributed by atoms with van der Waals surface area (Å²) in [6, 6.07) is -4.00. The molecule has 0 aliphatic carbocycles. The van der Waals surface area contributed by atoms with Crippen LogP contribution in [0.1, 0.15) is 39.5 Å². The van der Waals surface area contributed by atoms with Crippen molar-refractivity contribution in [2.24, 2.45) is 0 Å². The van der Waals surface area contributed by atoms with E-state index in [0.717, 1.165) is 0 Å². The maximum atomic E-state index is 12.0. The third kappa shape index (κ3) is 11.0. The molecular weight excluding hydrogens is 376 g/mol. The maximum absolute atomic E-state index is 12.0. The fourth-order valence-electron chi connectivity index (χ4n) is 2.34. The van der Waals surface area contributed by atoms with Crippen molar-refractivity contribution in [1.29, 1.82) is 0 Å². The Labute approximate surface area is 162 Å². The van der Waals surface area contributed by atoms with Crippen LogP contribution in [0, 0.1) is 0 Å². The van der Waals surface area contributed by atoms with Crippen LogP contribution in [0.3, 0.4) is 0 Å². The van der Waals surface area contributed by atoms with E-state index in [-0.39, 0.29) is 19.3 Å². The van der Waals surface area contributed by atoms with Crippen LogP contribution in [-0.2, 0) is 19.2 Å². The quantitative estimate of drug-likeness (QED) is 0.200. The zero-order chi connectivity index (χ0) is 21.9. The number of nitrogens with one attached hydrogen (secondary N) is 4. The largest absolute Gasteiger partial charge is 0.481 e. The molecule has 0 heterocycles. The van der Waals surface area contributed by atoms with Gasteiger partial charge < -0.3 is 36.6 Å². The molecule has 0 aromatic heterocycles. The number of hydrogen-bond acceptors (Lipinski definition) is 6. The number of amides is 3. The molecule has 0 saturated heterocycles. The van der Waals surface area contributed by atoms with E-state index in [0.29, 0.717) is 6.54 Å². The van der Waals surface area contributed by atoms with Gasteiger partial charge in [0.05, 0.1) is 0 Å². The van der Waals surface area contributed by atoms with Crippen molar-refractivity contribution in [3.05, 3.63) is 0 Å². The highest BCUT2D eigenvalue weighted by molar-refractivity contribution is 5.86. The highest BCUT2D eigenvalue weighted by Crippen LogP contribution is 2.04. The number of likely N-dealkylation sites (N-methyl/N-ethyl adjacent to an activating group) is 1. The van der Waals surface area contributed by atoms with Crippen LogP contribution in [0.2, 0.25) is 0 Å².